The van der Waals surface area contributed by atoms with Crippen LogP contribution < -0.4 is 5.32 Å². The Bertz CT molecular complexity index is 598. The second kappa shape index (κ2) is 5.94. The molecule has 6 nitrogen and oxygen atoms in total. The molecule has 0 radical (unpaired) electrons. The Balaban J connectivity index is 2.02. The molecule has 1 N–H and O–H groups in total. The predicted octanol–water partition coefficient (Wildman–Crippen LogP) is 2.94. The number of hydrogen-bond acceptors (Lipinski definition) is 5. The van der Waals surface area contributed by atoms with Crippen LogP contribution in [0.1, 0.15) is 17.0 Å². The van der Waals surface area contributed by atoms with Gasteiger partial charge in [-0.05, 0) is 19.1 Å². The molecule has 2 rings (SSSR count). The minimum atomic E-state index is -0.387. The van der Waals surface area contributed by atoms with Gasteiger partial charge in [0.25, 0.3) is 5.69 Å². The zero-order chi connectivity index (χ0) is 13.8. The maximum atomic E-state index is 10.9. The van der Waals surface area contributed by atoms with Crippen LogP contribution in [-0.2, 0) is 13.1 Å². The molecule has 7 heteroatoms. The first-order chi connectivity index (χ1) is 9.06. The van der Waals surface area contributed by atoms with Crippen molar-refractivity contribution in [2.75, 3.05) is 0 Å². The van der Waals surface area contributed by atoms with E-state index in [0.717, 1.165) is 10.2 Å². The first-order valence-electron chi connectivity index (χ1n) is 5.62. The van der Waals surface area contributed by atoms with Crippen LogP contribution in [-0.4, -0.2) is 10.1 Å². The fourth-order valence-corrected chi connectivity index (χ4v) is 2.10. The standard InChI is InChI=1S/C12H12BrN3O3/c1-8-4-11(19-15-8)7-14-6-9-5-10(13)2-3-12(9)16(17)18/h2-5,14H,6-7H2,1H3. The molecule has 2 aromatic rings. The van der Waals surface area contributed by atoms with E-state index in [1.807, 2.05) is 13.0 Å². The van der Waals surface area contributed by atoms with Gasteiger partial charge in [0.2, 0.25) is 0 Å². The highest BCUT2D eigenvalue weighted by molar-refractivity contribution is 9.10. The second-order valence-electron chi connectivity index (χ2n) is 4.07. The van der Waals surface area contributed by atoms with E-state index in [2.05, 4.69) is 26.4 Å². The predicted molar refractivity (Wildman–Crippen MR) is 72.6 cm³/mol. The fourth-order valence-electron chi connectivity index (χ4n) is 1.69. The van der Waals surface area contributed by atoms with Crippen molar-refractivity contribution in [3.63, 3.8) is 0 Å². The topological polar surface area (TPSA) is 81.2 Å². The highest BCUT2D eigenvalue weighted by atomic mass is 79.9. The van der Waals surface area contributed by atoms with Gasteiger partial charge in [-0.25, -0.2) is 0 Å². The number of nitrogens with zero attached hydrogens (tertiary/aromatic N) is 2. The summed E-state index contributed by atoms with van der Waals surface area (Å²) in [5, 5.41) is 17.8. The van der Waals surface area contributed by atoms with Gasteiger partial charge in [0.15, 0.2) is 5.76 Å². The molecule has 0 unspecified atom stereocenters. The first-order valence-corrected chi connectivity index (χ1v) is 6.41. The molecule has 0 saturated carbocycles. The molecular weight excluding hydrogens is 314 g/mol. The SMILES string of the molecule is Cc1cc(CNCc2cc(Br)ccc2[N+](=O)[O-])on1. The van der Waals surface area contributed by atoms with Crippen LogP contribution in [0.4, 0.5) is 5.69 Å². The van der Waals surface area contributed by atoms with Gasteiger partial charge in [-0.1, -0.05) is 21.1 Å². The molecule has 0 atom stereocenters. The quantitative estimate of drug-likeness (QED) is 0.675. The van der Waals surface area contributed by atoms with Gasteiger partial charge in [-0.2, -0.15) is 0 Å². The highest BCUT2D eigenvalue weighted by Crippen LogP contribution is 2.22. The van der Waals surface area contributed by atoms with Gasteiger partial charge in [0, 0.05) is 28.7 Å². The van der Waals surface area contributed by atoms with Gasteiger partial charge >= 0.3 is 0 Å². The Morgan fingerprint density at radius 3 is 2.84 bits per heavy atom. The summed E-state index contributed by atoms with van der Waals surface area (Å²) in [6.07, 6.45) is 0. The fraction of sp³-hybridized carbons (Fsp3) is 0.250. The van der Waals surface area contributed by atoms with Crippen molar-refractivity contribution in [1.29, 1.82) is 0 Å². The molecule has 0 aliphatic heterocycles. The summed E-state index contributed by atoms with van der Waals surface area (Å²) < 4.78 is 5.86. The summed E-state index contributed by atoms with van der Waals surface area (Å²) in [5.41, 5.74) is 1.53. The van der Waals surface area contributed by atoms with Crippen molar-refractivity contribution < 1.29 is 9.45 Å². The van der Waals surface area contributed by atoms with Crippen molar-refractivity contribution >= 4 is 21.6 Å². The highest BCUT2D eigenvalue weighted by Gasteiger charge is 2.13. The normalized spacial score (nSPS) is 10.6. The third-order valence-electron chi connectivity index (χ3n) is 2.53. The number of nitrogens with one attached hydrogen (secondary N) is 1. The molecule has 0 amide bonds. The van der Waals surface area contributed by atoms with Crippen molar-refractivity contribution in [3.8, 4) is 0 Å². The molecule has 0 saturated heterocycles. The van der Waals surface area contributed by atoms with Crippen LogP contribution in [0.15, 0.2) is 33.3 Å². The van der Waals surface area contributed by atoms with E-state index in [4.69, 9.17) is 4.52 Å². The molecule has 0 fully saturated rings. The summed E-state index contributed by atoms with van der Waals surface area (Å²) in [7, 11) is 0. The van der Waals surface area contributed by atoms with E-state index in [9.17, 15) is 10.1 Å². The van der Waals surface area contributed by atoms with E-state index in [0.29, 0.717) is 24.4 Å². The number of benzene rings is 1. The van der Waals surface area contributed by atoms with Crippen LogP contribution in [0.25, 0.3) is 0 Å². The van der Waals surface area contributed by atoms with E-state index < -0.39 is 0 Å². The minimum absolute atomic E-state index is 0.101. The molecule has 0 bridgehead atoms. The Kier molecular flexibility index (Phi) is 4.28. The minimum Gasteiger partial charge on any atom is -0.360 e. The Labute approximate surface area is 118 Å². The lowest BCUT2D eigenvalue weighted by atomic mass is 10.2. The lowest BCUT2D eigenvalue weighted by Gasteiger charge is -2.04. The summed E-state index contributed by atoms with van der Waals surface area (Å²) in [6, 6.07) is 6.69. The van der Waals surface area contributed by atoms with Crippen LogP contribution >= 0.6 is 15.9 Å². The number of nitro benzene ring substituents is 1. The van der Waals surface area contributed by atoms with Crippen molar-refractivity contribution in [1.82, 2.24) is 10.5 Å². The summed E-state index contributed by atoms with van der Waals surface area (Å²) in [5.74, 6) is 0.704. The van der Waals surface area contributed by atoms with Crippen LogP contribution in [0.5, 0.6) is 0 Å². The molecule has 1 heterocycles. The Morgan fingerprint density at radius 1 is 1.42 bits per heavy atom. The maximum Gasteiger partial charge on any atom is 0.273 e. The summed E-state index contributed by atoms with van der Waals surface area (Å²) in [4.78, 5) is 10.5. The zero-order valence-corrected chi connectivity index (χ0v) is 11.8. The van der Waals surface area contributed by atoms with Crippen molar-refractivity contribution in [3.05, 3.63) is 55.9 Å². The maximum absolute atomic E-state index is 10.9. The van der Waals surface area contributed by atoms with Crippen LogP contribution in [0.2, 0.25) is 0 Å². The van der Waals surface area contributed by atoms with Gasteiger partial charge in [-0.15, -0.1) is 0 Å². The molecule has 1 aromatic carbocycles. The lowest BCUT2D eigenvalue weighted by molar-refractivity contribution is -0.385. The molecule has 19 heavy (non-hydrogen) atoms. The average Bonchev–Trinajstić information content (AvgIpc) is 2.75. The molecule has 1 aromatic heterocycles. The van der Waals surface area contributed by atoms with E-state index >= 15 is 0 Å². The second-order valence-corrected chi connectivity index (χ2v) is 4.98. The van der Waals surface area contributed by atoms with E-state index in [1.54, 1.807) is 12.1 Å². The molecule has 0 aliphatic carbocycles. The summed E-state index contributed by atoms with van der Waals surface area (Å²) >= 11 is 3.31. The van der Waals surface area contributed by atoms with Crippen LogP contribution in [0, 0.1) is 17.0 Å². The molecule has 0 spiro atoms. The zero-order valence-electron chi connectivity index (χ0n) is 10.2. The average molecular weight is 326 g/mol. The first kappa shape index (κ1) is 13.7. The number of halogens is 1. The number of rotatable bonds is 5. The smallest absolute Gasteiger partial charge is 0.273 e. The van der Waals surface area contributed by atoms with Gasteiger partial charge in [0.05, 0.1) is 17.2 Å². The van der Waals surface area contributed by atoms with E-state index in [1.165, 1.54) is 6.07 Å². The molecule has 100 valence electrons. The van der Waals surface area contributed by atoms with Gasteiger partial charge in [0.1, 0.15) is 0 Å². The number of nitro groups is 1. The third-order valence-corrected chi connectivity index (χ3v) is 3.02. The lowest BCUT2D eigenvalue weighted by Crippen LogP contribution is -2.13. The largest absolute Gasteiger partial charge is 0.360 e. The monoisotopic (exact) mass is 325 g/mol. The van der Waals surface area contributed by atoms with Crippen LogP contribution in [0.3, 0.4) is 0 Å². The Hall–Kier alpha value is -1.73. The molecule has 0 aliphatic rings. The number of aryl methyl sites for hydroxylation is 1. The number of hydrogen-bond donors (Lipinski definition) is 1. The summed E-state index contributed by atoms with van der Waals surface area (Å²) in [6.45, 7) is 2.70. The third kappa shape index (κ3) is 3.62. The Morgan fingerprint density at radius 2 is 2.21 bits per heavy atom. The van der Waals surface area contributed by atoms with E-state index in [-0.39, 0.29) is 10.6 Å². The molecular formula is C12H12BrN3O3. The van der Waals surface area contributed by atoms with Crippen molar-refractivity contribution in [2.45, 2.75) is 20.0 Å². The number of aromatic nitrogens is 1. The van der Waals surface area contributed by atoms with Gasteiger partial charge in [-0.3, -0.25) is 10.1 Å². The van der Waals surface area contributed by atoms with Crippen molar-refractivity contribution in [2.24, 2.45) is 0 Å². The van der Waals surface area contributed by atoms with Gasteiger partial charge < -0.3 is 9.84 Å².